The summed E-state index contributed by atoms with van der Waals surface area (Å²) in [5.74, 6) is 0.106. The Bertz CT molecular complexity index is 470. The van der Waals surface area contributed by atoms with Crippen LogP contribution in [0.4, 0.5) is 5.69 Å². The van der Waals surface area contributed by atoms with Gasteiger partial charge in [-0.15, -0.1) is 0 Å². The lowest BCUT2D eigenvalue weighted by atomic mass is 10.1. The number of aliphatic hydroxyl groups is 1. The van der Waals surface area contributed by atoms with Crippen LogP contribution < -0.4 is 4.74 Å². The summed E-state index contributed by atoms with van der Waals surface area (Å²) in [6.07, 6.45) is -1.07. The molecule has 90 valence electrons. The van der Waals surface area contributed by atoms with Gasteiger partial charge in [0.05, 0.1) is 24.7 Å². The Morgan fingerprint density at radius 3 is 2.94 bits per heavy atom. The Kier molecular flexibility index (Phi) is 4.27. The second-order valence-corrected chi connectivity index (χ2v) is 3.12. The number of nitro benzene ring substituents is 1. The minimum Gasteiger partial charge on any atom is -0.490 e. The zero-order valence-corrected chi connectivity index (χ0v) is 8.98. The Morgan fingerprint density at radius 1 is 1.71 bits per heavy atom. The van der Waals surface area contributed by atoms with E-state index in [1.165, 1.54) is 25.3 Å². The molecule has 0 saturated heterocycles. The van der Waals surface area contributed by atoms with E-state index in [0.29, 0.717) is 5.56 Å². The highest BCUT2D eigenvalue weighted by molar-refractivity contribution is 5.49. The van der Waals surface area contributed by atoms with Crippen LogP contribution in [0.2, 0.25) is 0 Å². The van der Waals surface area contributed by atoms with Gasteiger partial charge in [-0.1, -0.05) is 11.2 Å². The van der Waals surface area contributed by atoms with E-state index >= 15 is 0 Å². The third kappa shape index (κ3) is 3.07. The molecule has 0 heterocycles. The predicted molar refractivity (Wildman–Crippen MR) is 58.6 cm³/mol. The Hall–Kier alpha value is -2.31. The van der Waals surface area contributed by atoms with Crippen LogP contribution in [-0.2, 0) is 0 Å². The molecule has 1 aromatic carbocycles. The summed E-state index contributed by atoms with van der Waals surface area (Å²) in [5.41, 5.74) is 8.16. The number of rotatable bonds is 5. The molecular weight excluding hydrogens is 228 g/mol. The first-order valence-electron chi connectivity index (χ1n) is 4.61. The van der Waals surface area contributed by atoms with Crippen molar-refractivity contribution in [3.05, 3.63) is 44.3 Å². The second kappa shape index (κ2) is 5.69. The van der Waals surface area contributed by atoms with Gasteiger partial charge in [-0.05, 0) is 17.2 Å². The molecule has 0 bridgehead atoms. The van der Waals surface area contributed by atoms with Crippen LogP contribution in [0.25, 0.3) is 10.4 Å². The van der Waals surface area contributed by atoms with Crippen LogP contribution in [0.3, 0.4) is 0 Å². The van der Waals surface area contributed by atoms with E-state index in [4.69, 9.17) is 10.3 Å². The Balaban J connectivity index is 3.07. The number of nitrogens with zero attached hydrogens (tertiary/aromatic N) is 4. The fourth-order valence-electron chi connectivity index (χ4n) is 1.28. The summed E-state index contributed by atoms with van der Waals surface area (Å²) >= 11 is 0. The van der Waals surface area contributed by atoms with Gasteiger partial charge >= 0.3 is 5.69 Å². The summed E-state index contributed by atoms with van der Waals surface area (Å²) in [5, 5.41) is 23.5. The monoisotopic (exact) mass is 238 g/mol. The first kappa shape index (κ1) is 12.8. The third-order valence-electron chi connectivity index (χ3n) is 2.10. The summed E-state index contributed by atoms with van der Waals surface area (Å²) < 4.78 is 4.82. The van der Waals surface area contributed by atoms with Crippen molar-refractivity contribution in [1.82, 2.24) is 0 Å². The number of nitro groups is 1. The SMILES string of the molecule is COc1ccc(C(O)CN=[N+]=[N-])cc1[N+](=O)[O-]. The highest BCUT2D eigenvalue weighted by atomic mass is 16.6. The fraction of sp³-hybridized carbons (Fsp3) is 0.333. The van der Waals surface area contributed by atoms with Gasteiger partial charge in [0.15, 0.2) is 5.75 Å². The minimum atomic E-state index is -1.07. The number of hydrogen-bond acceptors (Lipinski definition) is 5. The average Bonchev–Trinajstić information content (AvgIpc) is 2.34. The maximum atomic E-state index is 10.7. The van der Waals surface area contributed by atoms with Crippen LogP contribution >= 0.6 is 0 Å². The van der Waals surface area contributed by atoms with Crippen molar-refractivity contribution < 1.29 is 14.8 Å². The van der Waals surface area contributed by atoms with Gasteiger partial charge in [0, 0.05) is 11.0 Å². The van der Waals surface area contributed by atoms with Gasteiger partial charge in [-0.25, -0.2) is 0 Å². The number of aliphatic hydroxyl groups excluding tert-OH is 1. The Morgan fingerprint density at radius 2 is 2.41 bits per heavy atom. The quantitative estimate of drug-likeness (QED) is 0.277. The molecule has 17 heavy (non-hydrogen) atoms. The zero-order chi connectivity index (χ0) is 12.8. The molecule has 0 saturated carbocycles. The van der Waals surface area contributed by atoms with E-state index in [1.54, 1.807) is 0 Å². The number of methoxy groups -OCH3 is 1. The average molecular weight is 238 g/mol. The van der Waals surface area contributed by atoms with Crippen molar-refractivity contribution in [3.8, 4) is 5.75 Å². The van der Waals surface area contributed by atoms with Gasteiger partial charge in [0.1, 0.15) is 0 Å². The number of hydrogen-bond donors (Lipinski definition) is 1. The molecular formula is C9H10N4O4. The summed E-state index contributed by atoms with van der Waals surface area (Å²) in [7, 11) is 1.32. The molecule has 1 unspecified atom stereocenters. The van der Waals surface area contributed by atoms with Crippen LogP contribution in [0, 0.1) is 10.1 Å². The van der Waals surface area contributed by atoms with E-state index in [0.717, 1.165) is 0 Å². The molecule has 8 nitrogen and oxygen atoms in total. The molecule has 0 fully saturated rings. The summed E-state index contributed by atoms with van der Waals surface area (Å²) in [4.78, 5) is 12.6. The molecule has 0 amide bonds. The van der Waals surface area contributed by atoms with Crippen molar-refractivity contribution >= 4 is 5.69 Å². The minimum absolute atomic E-state index is 0.106. The van der Waals surface area contributed by atoms with Crippen LogP contribution in [0.1, 0.15) is 11.7 Å². The van der Waals surface area contributed by atoms with Crippen molar-refractivity contribution in [1.29, 1.82) is 0 Å². The zero-order valence-electron chi connectivity index (χ0n) is 8.98. The standard InChI is InChI=1S/C9H10N4O4/c1-17-9-3-2-6(4-7(9)13(15)16)8(14)5-11-12-10/h2-4,8,14H,5H2,1H3. The van der Waals surface area contributed by atoms with E-state index in [-0.39, 0.29) is 18.0 Å². The first-order valence-corrected chi connectivity index (χ1v) is 4.61. The molecule has 0 radical (unpaired) electrons. The molecule has 0 aliphatic heterocycles. The van der Waals surface area contributed by atoms with Gasteiger partial charge in [0.2, 0.25) is 0 Å². The highest BCUT2D eigenvalue weighted by Crippen LogP contribution is 2.29. The van der Waals surface area contributed by atoms with Gasteiger partial charge in [-0.2, -0.15) is 0 Å². The van der Waals surface area contributed by atoms with E-state index < -0.39 is 11.0 Å². The lowest BCUT2D eigenvalue weighted by Gasteiger charge is -2.08. The molecule has 0 aliphatic carbocycles. The molecule has 1 aromatic rings. The maximum Gasteiger partial charge on any atom is 0.311 e. The largest absolute Gasteiger partial charge is 0.490 e. The van der Waals surface area contributed by atoms with Crippen molar-refractivity contribution in [3.63, 3.8) is 0 Å². The number of azide groups is 1. The van der Waals surface area contributed by atoms with E-state index in [2.05, 4.69) is 10.0 Å². The van der Waals surface area contributed by atoms with Gasteiger partial charge in [-0.3, -0.25) is 10.1 Å². The van der Waals surface area contributed by atoms with Gasteiger partial charge < -0.3 is 9.84 Å². The van der Waals surface area contributed by atoms with Crippen LogP contribution in [0.5, 0.6) is 5.75 Å². The normalized spacial score (nSPS) is 11.4. The maximum absolute atomic E-state index is 10.7. The fourth-order valence-corrected chi connectivity index (χ4v) is 1.28. The van der Waals surface area contributed by atoms with Crippen LogP contribution in [-0.4, -0.2) is 23.7 Å². The number of ether oxygens (including phenoxy) is 1. The molecule has 0 aliphatic rings. The third-order valence-corrected chi connectivity index (χ3v) is 2.10. The highest BCUT2D eigenvalue weighted by Gasteiger charge is 2.17. The van der Waals surface area contributed by atoms with Crippen molar-refractivity contribution in [2.45, 2.75) is 6.10 Å². The molecule has 1 atom stereocenters. The molecule has 0 spiro atoms. The van der Waals surface area contributed by atoms with Crippen LogP contribution in [0.15, 0.2) is 23.3 Å². The van der Waals surface area contributed by atoms with Crippen molar-refractivity contribution in [2.24, 2.45) is 5.11 Å². The van der Waals surface area contributed by atoms with E-state index in [1.807, 2.05) is 0 Å². The first-order chi connectivity index (χ1) is 8.10. The van der Waals surface area contributed by atoms with Gasteiger partial charge in [0.25, 0.3) is 0 Å². The lowest BCUT2D eigenvalue weighted by Crippen LogP contribution is -2.02. The Labute approximate surface area is 96.2 Å². The van der Waals surface area contributed by atoms with Crippen molar-refractivity contribution in [2.75, 3.05) is 13.7 Å². The summed E-state index contributed by atoms with van der Waals surface area (Å²) in [6, 6.07) is 4.05. The smallest absolute Gasteiger partial charge is 0.311 e. The predicted octanol–water partition coefficient (Wildman–Crippen LogP) is 1.95. The lowest BCUT2D eigenvalue weighted by molar-refractivity contribution is -0.385. The molecule has 1 N–H and O–H groups in total. The summed E-state index contributed by atoms with van der Waals surface area (Å²) in [6.45, 7) is -0.181. The molecule has 0 aromatic heterocycles. The topological polar surface area (TPSA) is 121 Å². The molecule has 1 rings (SSSR count). The number of benzene rings is 1. The molecule has 8 heteroatoms. The second-order valence-electron chi connectivity index (χ2n) is 3.12. The van der Waals surface area contributed by atoms with E-state index in [9.17, 15) is 15.2 Å².